The van der Waals surface area contributed by atoms with Gasteiger partial charge in [-0.2, -0.15) is 0 Å². The molecule has 1 rings (SSSR count). The summed E-state index contributed by atoms with van der Waals surface area (Å²) in [5, 5.41) is 3.48. The van der Waals surface area contributed by atoms with E-state index in [4.69, 9.17) is 22.7 Å². The number of rotatable bonds is 23. The Morgan fingerprint density at radius 3 is 1.63 bits per heavy atom. The third-order valence-electron chi connectivity index (χ3n) is 15.7. The van der Waals surface area contributed by atoms with E-state index >= 15 is 4.79 Å². The normalized spacial score (nSPS) is 17.5. The van der Waals surface area contributed by atoms with Gasteiger partial charge >= 0.3 is 0 Å². The highest BCUT2D eigenvalue weighted by Crippen LogP contribution is 2.45. The van der Waals surface area contributed by atoms with Crippen molar-refractivity contribution < 1.29 is 22.5 Å². The molecule has 0 aliphatic heterocycles. The van der Waals surface area contributed by atoms with Crippen molar-refractivity contribution in [1.82, 2.24) is 4.98 Å². The van der Waals surface area contributed by atoms with Crippen LogP contribution in [-0.4, -0.2) is 69.0 Å². The topological polar surface area (TPSA) is 66.9 Å². The quantitative estimate of drug-likeness (QED) is 0.0804. The molecular weight excluding hydrogens is 851 g/mol. The van der Waals surface area contributed by atoms with Crippen molar-refractivity contribution in [2.45, 2.75) is 254 Å². The maximum atomic E-state index is 15.2. The van der Waals surface area contributed by atoms with Crippen molar-refractivity contribution in [3.05, 3.63) is 33.3 Å². The van der Waals surface area contributed by atoms with Crippen LogP contribution in [0, 0.1) is 24.2 Å². The van der Waals surface area contributed by atoms with Crippen LogP contribution in [0.5, 0.6) is 0 Å². The molecule has 0 aliphatic rings. The second-order valence-electron chi connectivity index (χ2n) is 25.7. The number of hydrogen-bond donors (Lipinski definition) is 0. The van der Waals surface area contributed by atoms with E-state index in [9.17, 15) is 0 Å². The Kier molecular flexibility index (Phi) is 21.2. The average Bonchev–Trinajstić information content (AvgIpc) is 3.49. The number of aromatic nitrogens is 1. The van der Waals surface area contributed by atoms with E-state index in [1.54, 1.807) is 11.3 Å². The predicted molar refractivity (Wildman–Crippen MR) is 284 cm³/mol. The fraction of sp³-hybridized carbons (Fsp3) is 0.843. The lowest BCUT2D eigenvalue weighted by Crippen LogP contribution is -2.54. The first-order valence-corrected chi connectivity index (χ1v) is 36.5. The zero-order chi connectivity index (χ0) is 48.9. The number of Topliss-reactive ketones (excluding diaryl/α,β-unsaturated/α-hetero) is 1. The highest BCUT2D eigenvalue weighted by molar-refractivity contribution is 7.09. The molecule has 1 heterocycles. The summed E-state index contributed by atoms with van der Waals surface area (Å²) in [7, 11) is -8.46. The molecule has 362 valence electrons. The fourth-order valence-electron chi connectivity index (χ4n) is 6.77. The summed E-state index contributed by atoms with van der Waals surface area (Å²) in [6.07, 6.45) is 8.74. The molecule has 0 spiro atoms. The van der Waals surface area contributed by atoms with Crippen LogP contribution in [0.3, 0.4) is 0 Å². The van der Waals surface area contributed by atoms with Gasteiger partial charge in [-0.25, -0.2) is 4.98 Å². The Morgan fingerprint density at radius 2 is 1.18 bits per heavy atom. The molecular formula is C51H101NO5SSi4. The molecule has 5 atom stereocenters. The highest BCUT2D eigenvalue weighted by atomic mass is 32.1. The number of hydrogen-bond acceptors (Lipinski definition) is 7. The summed E-state index contributed by atoms with van der Waals surface area (Å²) < 4.78 is 28.4. The monoisotopic (exact) mass is 952 g/mol. The molecule has 0 aliphatic carbocycles. The van der Waals surface area contributed by atoms with Gasteiger partial charge in [0, 0.05) is 23.3 Å². The van der Waals surface area contributed by atoms with Gasteiger partial charge in [0.2, 0.25) is 0 Å². The molecule has 62 heavy (non-hydrogen) atoms. The first-order valence-electron chi connectivity index (χ1n) is 24.0. The number of nitrogens with zero attached hydrogens (tertiary/aromatic N) is 1. The maximum Gasteiger partial charge on any atom is 0.192 e. The second-order valence-corrected chi connectivity index (χ2v) is 45.8. The third kappa shape index (κ3) is 17.0. The Morgan fingerprint density at radius 1 is 0.710 bits per heavy atom. The lowest BCUT2D eigenvalue weighted by Gasteiger charge is -2.47. The van der Waals surface area contributed by atoms with Crippen LogP contribution in [-0.2, 0) is 22.5 Å². The Balaban J connectivity index is 3.47. The van der Waals surface area contributed by atoms with E-state index in [1.165, 1.54) is 11.1 Å². The standard InChI is InChI=1S/C51H101NO5SSi4/c1-37(31-32-43(55-60(22,23)48(9,10)11)39(3)35-42-36-58-41(5)52-42)29-28-30-38(2)45(57-62(26,27)50(15,16)17)40(4)46(53)51(18,19)44(56-61(24,25)49(12,13)14)33-34-54-59(20,21)47(6,7)8/h31,35-36,38,40,43-45H,28-30,32-34H2,1-27H3/b37-31-,39-35+/t38-,40+,43-,44-,45-/m1/s1. The number of carbonyl (C=O) groups excluding carboxylic acids is 1. The van der Waals surface area contributed by atoms with Crippen molar-refractivity contribution in [3.63, 3.8) is 0 Å². The van der Waals surface area contributed by atoms with E-state index in [1.807, 2.05) is 0 Å². The Hall–Kier alpha value is -0.512. The fourth-order valence-corrected chi connectivity index (χ4v) is 12.7. The lowest BCUT2D eigenvalue weighted by molar-refractivity contribution is -0.141. The van der Waals surface area contributed by atoms with Crippen molar-refractivity contribution in [2.75, 3.05) is 6.61 Å². The van der Waals surface area contributed by atoms with Crippen molar-refractivity contribution >= 4 is 56.5 Å². The van der Waals surface area contributed by atoms with Gasteiger partial charge in [-0.1, -0.05) is 122 Å². The Bertz CT molecular complexity index is 1630. The third-order valence-corrected chi connectivity index (χ3v) is 34.5. The molecule has 0 amide bonds. The van der Waals surface area contributed by atoms with Gasteiger partial charge in [0.1, 0.15) is 5.78 Å². The van der Waals surface area contributed by atoms with Crippen molar-refractivity contribution in [1.29, 1.82) is 0 Å². The van der Waals surface area contributed by atoms with Crippen LogP contribution in [0.2, 0.25) is 72.5 Å². The first-order chi connectivity index (χ1) is 27.5. The first kappa shape index (κ1) is 59.5. The number of thiazole rings is 1. The Labute approximate surface area is 393 Å². The van der Waals surface area contributed by atoms with E-state index in [-0.39, 0.29) is 56.1 Å². The number of aryl methyl sites for hydroxylation is 1. The summed E-state index contributed by atoms with van der Waals surface area (Å²) in [6, 6.07) is 0. The number of carbonyl (C=O) groups is 1. The summed E-state index contributed by atoms with van der Waals surface area (Å²) in [5.74, 6) is 0.154. The van der Waals surface area contributed by atoms with E-state index in [0.29, 0.717) is 13.0 Å². The van der Waals surface area contributed by atoms with Crippen LogP contribution in [0.1, 0.15) is 167 Å². The minimum absolute atomic E-state index is 0.00687. The minimum Gasteiger partial charge on any atom is -0.417 e. The molecule has 0 radical (unpaired) electrons. The van der Waals surface area contributed by atoms with Gasteiger partial charge in [0.15, 0.2) is 33.3 Å². The van der Waals surface area contributed by atoms with Gasteiger partial charge in [-0.05, 0) is 143 Å². The number of ketones is 1. The zero-order valence-electron chi connectivity index (χ0n) is 45.8. The van der Waals surface area contributed by atoms with Crippen LogP contribution in [0.25, 0.3) is 6.08 Å². The number of allylic oxidation sites excluding steroid dienone is 1. The molecule has 1 aromatic heterocycles. The van der Waals surface area contributed by atoms with E-state index in [2.05, 4.69) is 201 Å². The largest absolute Gasteiger partial charge is 0.417 e. The molecule has 0 saturated carbocycles. The molecule has 0 unspecified atom stereocenters. The van der Waals surface area contributed by atoms with Crippen molar-refractivity contribution in [2.24, 2.45) is 17.3 Å². The molecule has 0 aromatic carbocycles. The smallest absolute Gasteiger partial charge is 0.192 e. The van der Waals surface area contributed by atoms with Gasteiger partial charge in [-0.15, -0.1) is 11.3 Å². The SMILES string of the molecule is C/C(=C/C[C@@H](O[Si](C)(C)C(C)(C)C)/C(C)=C/c1csc(C)n1)CCC[C@@H](C)[C@@H](O[Si](C)(C)C(C)(C)C)[C@H](C)C(=O)C(C)(C)[C@@H](CCO[Si](C)(C)C(C)(C)C)O[Si](C)(C)C(C)(C)C. The molecule has 0 bridgehead atoms. The van der Waals surface area contributed by atoms with Crippen LogP contribution in [0.15, 0.2) is 22.6 Å². The highest BCUT2D eigenvalue weighted by Gasteiger charge is 2.50. The summed E-state index contributed by atoms with van der Waals surface area (Å²) >= 11 is 1.69. The van der Waals surface area contributed by atoms with Gasteiger partial charge in [0.05, 0.1) is 29.0 Å². The second kappa shape index (κ2) is 22.1. The van der Waals surface area contributed by atoms with Gasteiger partial charge < -0.3 is 17.7 Å². The molecule has 11 heteroatoms. The van der Waals surface area contributed by atoms with Crippen LogP contribution >= 0.6 is 11.3 Å². The van der Waals surface area contributed by atoms with Crippen LogP contribution in [0.4, 0.5) is 0 Å². The maximum absolute atomic E-state index is 15.2. The molecule has 1 aromatic rings. The minimum atomic E-state index is -2.23. The molecule has 0 N–H and O–H groups in total. The molecule has 0 saturated heterocycles. The lowest BCUT2D eigenvalue weighted by atomic mass is 9.73. The average molecular weight is 953 g/mol. The summed E-state index contributed by atoms with van der Waals surface area (Å²) in [6.45, 7) is 62.0. The van der Waals surface area contributed by atoms with E-state index < -0.39 is 38.7 Å². The van der Waals surface area contributed by atoms with E-state index in [0.717, 1.165) is 36.4 Å². The zero-order valence-corrected chi connectivity index (χ0v) is 50.6. The van der Waals surface area contributed by atoms with Crippen LogP contribution < -0.4 is 0 Å². The van der Waals surface area contributed by atoms with Gasteiger partial charge in [-0.3, -0.25) is 4.79 Å². The van der Waals surface area contributed by atoms with Gasteiger partial charge in [0.25, 0.3) is 0 Å². The molecule has 0 fully saturated rings. The van der Waals surface area contributed by atoms with Crippen molar-refractivity contribution in [3.8, 4) is 0 Å². The summed E-state index contributed by atoms with van der Waals surface area (Å²) in [5.41, 5.74) is 2.90. The predicted octanol–water partition coefficient (Wildman–Crippen LogP) is 16.8. The molecule has 6 nitrogen and oxygen atoms in total. The summed E-state index contributed by atoms with van der Waals surface area (Å²) in [4.78, 5) is 19.9.